The minimum absolute atomic E-state index is 0.0259. The summed E-state index contributed by atoms with van der Waals surface area (Å²) in [5.74, 6) is -0.551. The first-order valence-electron chi connectivity index (χ1n) is 6.17. The van der Waals surface area contributed by atoms with Crippen LogP contribution in [-0.2, 0) is 9.47 Å². The molecule has 0 aliphatic rings. The summed E-state index contributed by atoms with van der Waals surface area (Å²) in [4.78, 5) is 21.7. The third-order valence-corrected chi connectivity index (χ3v) is 2.41. The van der Waals surface area contributed by atoms with Crippen molar-refractivity contribution >= 4 is 11.7 Å². The highest BCUT2D eigenvalue weighted by atomic mass is 16.6. The van der Waals surface area contributed by atoms with Crippen LogP contribution in [0, 0.1) is 10.1 Å². The summed E-state index contributed by atoms with van der Waals surface area (Å²) >= 11 is 0. The molecule has 0 aromatic heterocycles. The van der Waals surface area contributed by atoms with Crippen molar-refractivity contribution < 1.29 is 23.9 Å². The van der Waals surface area contributed by atoms with Crippen LogP contribution in [0.2, 0.25) is 0 Å². The Hall–Kier alpha value is -2.15. The van der Waals surface area contributed by atoms with Gasteiger partial charge < -0.3 is 14.2 Å². The number of nitro benzene ring substituents is 1. The van der Waals surface area contributed by atoms with Crippen LogP contribution in [0.5, 0.6) is 5.75 Å². The summed E-state index contributed by atoms with van der Waals surface area (Å²) in [5.41, 5.74) is -0.00396. The summed E-state index contributed by atoms with van der Waals surface area (Å²) in [6.07, 6.45) is 0.887. The van der Waals surface area contributed by atoms with Gasteiger partial charge in [-0.2, -0.15) is 0 Å². The van der Waals surface area contributed by atoms with E-state index in [9.17, 15) is 14.9 Å². The molecule has 0 amide bonds. The number of carbonyl (C=O) groups is 1. The highest BCUT2D eigenvalue weighted by Crippen LogP contribution is 2.28. The predicted octanol–water partition coefficient (Wildman–Crippen LogP) is 2.19. The maximum atomic E-state index is 11.4. The molecule has 7 heteroatoms. The van der Waals surface area contributed by atoms with Gasteiger partial charge in [0, 0.05) is 18.7 Å². The van der Waals surface area contributed by atoms with Gasteiger partial charge in [-0.25, -0.2) is 4.79 Å². The monoisotopic (exact) mass is 283 g/mol. The summed E-state index contributed by atoms with van der Waals surface area (Å²) in [7, 11) is 1.24. The van der Waals surface area contributed by atoms with Gasteiger partial charge in [0.2, 0.25) is 0 Å². The summed E-state index contributed by atoms with van der Waals surface area (Å²) in [6, 6.07) is 3.84. The second-order valence-corrected chi connectivity index (χ2v) is 3.89. The fourth-order valence-electron chi connectivity index (χ4n) is 1.48. The van der Waals surface area contributed by atoms with Crippen LogP contribution in [0.15, 0.2) is 18.2 Å². The standard InChI is InChI=1S/C13H17NO6/c1-3-6-19-7-8-20-12-9-10(13(15)18-2)4-5-11(12)14(16)17/h4-5,9H,3,6-8H2,1-2H3. The Morgan fingerprint density at radius 1 is 1.30 bits per heavy atom. The molecule has 0 atom stereocenters. The van der Waals surface area contributed by atoms with E-state index < -0.39 is 10.9 Å². The first kappa shape index (κ1) is 15.9. The van der Waals surface area contributed by atoms with E-state index >= 15 is 0 Å². The van der Waals surface area contributed by atoms with E-state index in [1.165, 1.54) is 25.3 Å². The highest BCUT2D eigenvalue weighted by Gasteiger charge is 2.18. The quantitative estimate of drug-likeness (QED) is 0.314. The van der Waals surface area contributed by atoms with Crippen molar-refractivity contribution in [3.05, 3.63) is 33.9 Å². The Labute approximate surface area is 116 Å². The van der Waals surface area contributed by atoms with Gasteiger partial charge in [0.15, 0.2) is 5.75 Å². The molecule has 7 nitrogen and oxygen atoms in total. The third kappa shape index (κ3) is 4.51. The molecule has 0 saturated carbocycles. The zero-order chi connectivity index (χ0) is 15.0. The molecular weight excluding hydrogens is 266 g/mol. The lowest BCUT2D eigenvalue weighted by Crippen LogP contribution is -2.09. The molecule has 0 radical (unpaired) electrons. The molecular formula is C13H17NO6. The Balaban J connectivity index is 2.78. The number of carbonyl (C=O) groups excluding carboxylic acids is 1. The number of ether oxygens (including phenoxy) is 3. The highest BCUT2D eigenvalue weighted by molar-refractivity contribution is 5.90. The van der Waals surface area contributed by atoms with Crippen LogP contribution in [0.1, 0.15) is 23.7 Å². The van der Waals surface area contributed by atoms with Gasteiger partial charge in [-0.15, -0.1) is 0 Å². The van der Waals surface area contributed by atoms with E-state index in [4.69, 9.17) is 9.47 Å². The van der Waals surface area contributed by atoms with E-state index in [2.05, 4.69) is 4.74 Å². The first-order chi connectivity index (χ1) is 9.60. The number of nitro groups is 1. The van der Waals surface area contributed by atoms with Crippen molar-refractivity contribution in [2.24, 2.45) is 0 Å². The van der Waals surface area contributed by atoms with Gasteiger partial charge in [0.1, 0.15) is 6.61 Å². The van der Waals surface area contributed by atoms with Gasteiger partial charge >= 0.3 is 11.7 Å². The Bertz CT molecular complexity index is 474. The molecule has 0 aliphatic heterocycles. The van der Waals surface area contributed by atoms with Gasteiger partial charge in [-0.05, 0) is 12.5 Å². The molecule has 0 saturated heterocycles. The van der Waals surface area contributed by atoms with E-state index in [0.29, 0.717) is 13.2 Å². The van der Waals surface area contributed by atoms with Crippen LogP contribution in [-0.4, -0.2) is 37.8 Å². The molecule has 0 unspecified atom stereocenters. The summed E-state index contributed by atoms with van der Waals surface area (Å²) in [6.45, 7) is 3.08. The van der Waals surface area contributed by atoms with Crippen LogP contribution in [0.4, 0.5) is 5.69 Å². The number of benzene rings is 1. The first-order valence-corrected chi connectivity index (χ1v) is 6.17. The molecule has 1 aromatic carbocycles. The number of esters is 1. The Kier molecular flexibility index (Phi) is 6.45. The Morgan fingerprint density at radius 3 is 2.65 bits per heavy atom. The molecule has 110 valence electrons. The minimum Gasteiger partial charge on any atom is -0.484 e. The van der Waals surface area contributed by atoms with Crippen molar-refractivity contribution in [3.63, 3.8) is 0 Å². The van der Waals surface area contributed by atoms with Crippen molar-refractivity contribution in [2.75, 3.05) is 26.9 Å². The van der Waals surface area contributed by atoms with Crippen LogP contribution in [0.3, 0.4) is 0 Å². The molecule has 0 fully saturated rings. The minimum atomic E-state index is -0.577. The summed E-state index contributed by atoms with van der Waals surface area (Å²) in [5, 5.41) is 10.9. The van der Waals surface area contributed by atoms with Crippen LogP contribution >= 0.6 is 0 Å². The molecule has 0 bridgehead atoms. The fraction of sp³-hybridized carbons (Fsp3) is 0.462. The number of rotatable bonds is 8. The zero-order valence-electron chi connectivity index (χ0n) is 11.5. The van der Waals surface area contributed by atoms with E-state index in [-0.39, 0.29) is 23.6 Å². The molecule has 0 spiro atoms. The van der Waals surface area contributed by atoms with E-state index in [0.717, 1.165) is 6.42 Å². The predicted molar refractivity (Wildman–Crippen MR) is 71.0 cm³/mol. The van der Waals surface area contributed by atoms with Crippen molar-refractivity contribution in [1.82, 2.24) is 0 Å². The molecule has 20 heavy (non-hydrogen) atoms. The zero-order valence-corrected chi connectivity index (χ0v) is 11.5. The largest absolute Gasteiger partial charge is 0.484 e. The van der Waals surface area contributed by atoms with Gasteiger partial charge in [-0.1, -0.05) is 6.92 Å². The third-order valence-electron chi connectivity index (χ3n) is 2.41. The number of hydrogen-bond acceptors (Lipinski definition) is 6. The van der Waals surface area contributed by atoms with Gasteiger partial charge in [-0.3, -0.25) is 10.1 Å². The number of hydrogen-bond donors (Lipinski definition) is 0. The Morgan fingerprint density at radius 2 is 2.05 bits per heavy atom. The van der Waals surface area contributed by atoms with E-state index in [1.54, 1.807) is 0 Å². The lowest BCUT2D eigenvalue weighted by atomic mass is 10.2. The van der Waals surface area contributed by atoms with Gasteiger partial charge in [0.25, 0.3) is 0 Å². The van der Waals surface area contributed by atoms with Crippen molar-refractivity contribution in [2.45, 2.75) is 13.3 Å². The maximum Gasteiger partial charge on any atom is 0.337 e. The molecule has 0 aliphatic carbocycles. The smallest absolute Gasteiger partial charge is 0.337 e. The summed E-state index contributed by atoms with van der Waals surface area (Å²) < 4.78 is 15.1. The topological polar surface area (TPSA) is 87.9 Å². The second kappa shape index (κ2) is 8.11. The molecule has 0 heterocycles. The fourth-order valence-corrected chi connectivity index (χ4v) is 1.48. The lowest BCUT2D eigenvalue weighted by Gasteiger charge is -2.08. The van der Waals surface area contributed by atoms with Gasteiger partial charge in [0.05, 0.1) is 24.2 Å². The molecule has 1 rings (SSSR count). The number of methoxy groups -OCH3 is 1. The van der Waals surface area contributed by atoms with Crippen molar-refractivity contribution in [1.29, 1.82) is 0 Å². The van der Waals surface area contributed by atoms with E-state index in [1.807, 2.05) is 6.92 Å². The molecule has 0 N–H and O–H groups in total. The SMILES string of the molecule is CCCOCCOc1cc(C(=O)OC)ccc1[N+](=O)[O-]. The average molecular weight is 283 g/mol. The lowest BCUT2D eigenvalue weighted by molar-refractivity contribution is -0.385. The second-order valence-electron chi connectivity index (χ2n) is 3.89. The van der Waals surface area contributed by atoms with Crippen LogP contribution < -0.4 is 4.74 Å². The number of nitrogens with zero attached hydrogens (tertiary/aromatic N) is 1. The van der Waals surface area contributed by atoms with Crippen molar-refractivity contribution in [3.8, 4) is 5.75 Å². The molecule has 1 aromatic rings. The average Bonchev–Trinajstić information content (AvgIpc) is 2.45. The van der Waals surface area contributed by atoms with Crippen LogP contribution in [0.25, 0.3) is 0 Å². The normalized spacial score (nSPS) is 10.1. The maximum absolute atomic E-state index is 11.4.